The second kappa shape index (κ2) is 10.7. The molecule has 5 nitrogen and oxygen atoms in total. The van der Waals surface area contributed by atoms with Crippen molar-refractivity contribution in [1.82, 2.24) is 0 Å². The summed E-state index contributed by atoms with van der Waals surface area (Å²) in [5.74, 6) is 0.565. The fourth-order valence-electron chi connectivity index (χ4n) is 3.03. The molecule has 0 radical (unpaired) electrons. The fraction of sp³-hybridized carbons (Fsp3) is 0.154. The van der Waals surface area contributed by atoms with Gasteiger partial charge in [0.05, 0.1) is 11.6 Å². The van der Waals surface area contributed by atoms with Crippen LogP contribution in [-0.4, -0.2) is 13.0 Å². The zero-order valence-corrected chi connectivity index (χ0v) is 19.7. The molecule has 0 saturated heterocycles. The number of anilines is 1. The Kier molecular flexibility index (Phi) is 7.69. The molecule has 0 heterocycles. The fourth-order valence-corrected chi connectivity index (χ4v) is 3.60. The van der Waals surface area contributed by atoms with Gasteiger partial charge in [0.25, 0.3) is 5.91 Å². The van der Waals surface area contributed by atoms with Crippen LogP contribution in [0, 0.1) is 25.2 Å². The number of carbonyl (C=O) groups excluding carboxylic acids is 1. The van der Waals surface area contributed by atoms with Gasteiger partial charge in [-0.15, -0.1) is 0 Å². The van der Waals surface area contributed by atoms with Crippen molar-refractivity contribution in [2.75, 3.05) is 12.4 Å². The summed E-state index contributed by atoms with van der Waals surface area (Å²) in [6.45, 7) is 4.35. The summed E-state index contributed by atoms with van der Waals surface area (Å²) in [7, 11) is 1.54. The summed E-state index contributed by atoms with van der Waals surface area (Å²) >= 11 is 3.51. The van der Waals surface area contributed by atoms with Crippen molar-refractivity contribution in [1.29, 1.82) is 5.26 Å². The standard InChI is InChI=1S/C26H23BrN2O3/c1-17-9-10-22(11-18(17)2)29-26(30)21(15-28)12-20-13-23(27)25(24(14-20)31-3)32-16-19-7-5-4-6-8-19/h4-14H,16H2,1-3H3,(H,29,30)/b21-12+. The van der Waals surface area contributed by atoms with Crippen molar-refractivity contribution in [2.24, 2.45) is 0 Å². The second-order valence-electron chi connectivity index (χ2n) is 7.23. The molecule has 32 heavy (non-hydrogen) atoms. The van der Waals surface area contributed by atoms with E-state index in [-0.39, 0.29) is 5.57 Å². The minimum atomic E-state index is -0.477. The van der Waals surface area contributed by atoms with Crippen LogP contribution in [0.4, 0.5) is 5.69 Å². The summed E-state index contributed by atoms with van der Waals surface area (Å²) < 4.78 is 12.1. The number of hydrogen-bond donors (Lipinski definition) is 1. The van der Waals surface area contributed by atoms with Crippen molar-refractivity contribution < 1.29 is 14.3 Å². The minimum Gasteiger partial charge on any atom is -0.493 e. The summed E-state index contributed by atoms with van der Waals surface area (Å²) in [4.78, 5) is 12.6. The number of nitrogens with zero attached hydrogens (tertiary/aromatic N) is 1. The second-order valence-corrected chi connectivity index (χ2v) is 8.09. The van der Waals surface area contributed by atoms with Crippen LogP contribution in [0.25, 0.3) is 6.08 Å². The highest BCUT2D eigenvalue weighted by atomic mass is 79.9. The van der Waals surface area contributed by atoms with E-state index in [9.17, 15) is 10.1 Å². The van der Waals surface area contributed by atoms with Gasteiger partial charge in [-0.25, -0.2) is 0 Å². The smallest absolute Gasteiger partial charge is 0.266 e. The van der Waals surface area contributed by atoms with Gasteiger partial charge in [0.15, 0.2) is 11.5 Å². The number of nitrogens with one attached hydrogen (secondary N) is 1. The molecule has 162 valence electrons. The molecule has 0 aliphatic rings. The highest BCUT2D eigenvalue weighted by molar-refractivity contribution is 9.10. The van der Waals surface area contributed by atoms with Crippen molar-refractivity contribution in [3.63, 3.8) is 0 Å². The molecule has 0 aliphatic heterocycles. The Bertz CT molecular complexity index is 1200. The zero-order chi connectivity index (χ0) is 23.1. The molecule has 0 bridgehead atoms. The molecule has 3 rings (SSSR count). The number of ether oxygens (including phenoxy) is 2. The van der Waals surface area contributed by atoms with Crippen LogP contribution in [0.3, 0.4) is 0 Å². The summed E-state index contributed by atoms with van der Waals surface area (Å²) in [6.07, 6.45) is 1.52. The first kappa shape index (κ1) is 23.1. The first-order chi connectivity index (χ1) is 15.4. The quantitative estimate of drug-likeness (QED) is 0.316. The van der Waals surface area contributed by atoms with Gasteiger partial charge < -0.3 is 14.8 Å². The number of nitriles is 1. The normalized spacial score (nSPS) is 10.9. The van der Waals surface area contributed by atoms with Crippen molar-refractivity contribution >= 4 is 33.6 Å². The number of benzene rings is 3. The lowest BCUT2D eigenvalue weighted by atomic mass is 10.1. The van der Waals surface area contributed by atoms with E-state index in [1.54, 1.807) is 19.2 Å². The van der Waals surface area contributed by atoms with E-state index in [0.29, 0.717) is 33.8 Å². The van der Waals surface area contributed by atoms with Gasteiger partial charge in [-0.2, -0.15) is 5.26 Å². The van der Waals surface area contributed by atoms with Crippen molar-refractivity contribution in [3.05, 3.63) is 93.0 Å². The highest BCUT2D eigenvalue weighted by Crippen LogP contribution is 2.37. The van der Waals surface area contributed by atoms with E-state index in [2.05, 4.69) is 21.2 Å². The van der Waals surface area contributed by atoms with E-state index >= 15 is 0 Å². The summed E-state index contributed by atoms with van der Waals surface area (Å²) in [6, 6.07) is 20.9. The number of rotatable bonds is 7. The summed E-state index contributed by atoms with van der Waals surface area (Å²) in [5, 5.41) is 12.3. The Morgan fingerprint density at radius 1 is 1.09 bits per heavy atom. The molecule has 0 spiro atoms. The van der Waals surface area contributed by atoms with Gasteiger partial charge in [0.2, 0.25) is 0 Å². The van der Waals surface area contributed by atoms with Gasteiger partial charge in [0, 0.05) is 5.69 Å². The third kappa shape index (κ3) is 5.77. The Morgan fingerprint density at radius 3 is 2.50 bits per heavy atom. The maximum absolute atomic E-state index is 12.6. The Morgan fingerprint density at radius 2 is 1.84 bits per heavy atom. The molecule has 0 unspecified atom stereocenters. The number of hydrogen-bond acceptors (Lipinski definition) is 4. The Labute approximate surface area is 196 Å². The Hall–Kier alpha value is -3.56. The van der Waals surface area contributed by atoms with Gasteiger partial charge in [-0.05, 0) is 82.4 Å². The third-order valence-electron chi connectivity index (χ3n) is 4.92. The SMILES string of the molecule is COc1cc(/C=C(\C#N)C(=O)Nc2ccc(C)c(C)c2)cc(Br)c1OCc1ccccc1. The molecular weight excluding hydrogens is 468 g/mol. The van der Waals surface area contributed by atoms with Crippen molar-refractivity contribution in [2.45, 2.75) is 20.5 Å². The molecule has 3 aromatic carbocycles. The number of carbonyl (C=O) groups is 1. The van der Waals surface area contributed by atoms with Crippen LogP contribution < -0.4 is 14.8 Å². The largest absolute Gasteiger partial charge is 0.493 e. The predicted molar refractivity (Wildman–Crippen MR) is 130 cm³/mol. The van der Waals surface area contributed by atoms with E-state index in [1.807, 2.05) is 68.4 Å². The highest BCUT2D eigenvalue weighted by Gasteiger charge is 2.14. The molecule has 1 amide bonds. The van der Waals surface area contributed by atoms with Crippen LogP contribution in [0.5, 0.6) is 11.5 Å². The lowest BCUT2D eigenvalue weighted by molar-refractivity contribution is -0.112. The number of methoxy groups -OCH3 is 1. The first-order valence-electron chi connectivity index (χ1n) is 9.96. The zero-order valence-electron chi connectivity index (χ0n) is 18.1. The number of halogens is 1. The molecule has 6 heteroatoms. The molecular formula is C26H23BrN2O3. The van der Waals surface area contributed by atoms with Gasteiger partial charge in [-0.1, -0.05) is 36.4 Å². The molecule has 0 saturated carbocycles. The average molecular weight is 491 g/mol. The van der Waals surface area contributed by atoms with Crippen LogP contribution in [0.15, 0.2) is 70.7 Å². The van der Waals surface area contributed by atoms with Crippen LogP contribution in [0.2, 0.25) is 0 Å². The number of amides is 1. The summed E-state index contributed by atoms with van der Waals surface area (Å²) in [5.41, 5.74) is 4.47. The lowest BCUT2D eigenvalue weighted by Gasteiger charge is -2.14. The predicted octanol–water partition coefficient (Wildman–Crippen LogP) is 6.20. The van der Waals surface area contributed by atoms with Gasteiger partial charge >= 0.3 is 0 Å². The van der Waals surface area contributed by atoms with Crippen LogP contribution in [0.1, 0.15) is 22.3 Å². The topological polar surface area (TPSA) is 71.3 Å². The first-order valence-corrected chi connectivity index (χ1v) is 10.7. The maximum atomic E-state index is 12.6. The monoisotopic (exact) mass is 490 g/mol. The lowest BCUT2D eigenvalue weighted by Crippen LogP contribution is -2.13. The Balaban J connectivity index is 1.82. The molecule has 0 fully saturated rings. The molecule has 0 aromatic heterocycles. The molecule has 0 atom stereocenters. The molecule has 1 N–H and O–H groups in total. The maximum Gasteiger partial charge on any atom is 0.266 e. The van der Waals surface area contributed by atoms with E-state index in [0.717, 1.165) is 16.7 Å². The third-order valence-corrected chi connectivity index (χ3v) is 5.51. The van der Waals surface area contributed by atoms with Crippen LogP contribution in [-0.2, 0) is 11.4 Å². The van der Waals surface area contributed by atoms with E-state index < -0.39 is 5.91 Å². The van der Waals surface area contributed by atoms with Crippen molar-refractivity contribution in [3.8, 4) is 17.6 Å². The molecule has 0 aliphatic carbocycles. The number of aryl methyl sites for hydroxylation is 2. The molecule has 3 aromatic rings. The minimum absolute atomic E-state index is 0.0184. The van der Waals surface area contributed by atoms with Crippen LogP contribution >= 0.6 is 15.9 Å². The van der Waals surface area contributed by atoms with Gasteiger partial charge in [-0.3, -0.25) is 4.79 Å². The van der Waals surface area contributed by atoms with E-state index in [1.165, 1.54) is 6.08 Å². The van der Waals surface area contributed by atoms with E-state index in [4.69, 9.17) is 9.47 Å². The van der Waals surface area contributed by atoms with Gasteiger partial charge in [0.1, 0.15) is 18.2 Å². The average Bonchev–Trinajstić information content (AvgIpc) is 2.79.